The number of hydrogen-bond acceptors (Lipinski definition) is 4. The molecule has 0 unspecified atom stereocenters. The van der Waals surface area contributed by atoms with Crippen LogP contribution >= 0.6 is 23.2 Å². The van der Waals surface area contributed by atoms with Crippen molar-refractivity contribution >= 4 is 34.6 Å². The molecule has 0 spiro atoms. The molecule has 0 atom stereocenters. The van der Waals surface area contributed by atoms with Crippen LogP contribution in [0, 0.1) is 10.1 Å². The lowest BCUT2D eigenvalue weighted by Gasteiger charge is -2.27. The van der Waals surface area contributed by atoms with Gasteiger partial charge in [0, 0.05) is 18.2 Å². The summed E-state index contributed by atoms with van der Waals surface area (Å²) in [7, 11) is 0. The molecular weight excluding hydrogens is 291 g/mol. The Morgan fingerprint density at radius 1 is 1.21 bits per heavy atom. The fourth-order valence-electron chi connectivity index (χ4n) is 2.23. The van der Waals surface area contributed by atoms with Crippen LogP contribution in [0.1, 0.15) is 25.7 Å². The monoisotopic (exact) mass is 304 g/mol. The lowest BCUT2D eigenvalue weighted by Crippen LogP contribution is -2.28. The third-order valence-corrected chi connectivity index (χ3v) is 3.88. The second kappa shape index (κ2) is 5.94. The van der Waals surface area contributed by atoms with Crippen molar-refractivity contribution in [3.63, 3.8) is 0 Å². The van der Waals surface area contributed by atoms with Gasteiger partial charge in [0.1, 0.15) is 0 Å². The van der Waals surface area contributed by atoms with Crippen molar-refractivity contribution in [2.24, 2.45) is 0 Å². The molecule has 1 aliphatic rings. The zero-order valence-electron chi connectivity index (χ0n) is 10.1. The summed E-state index contributed by atoms with van der Waals surface area (Å²) in [5.41, 5.74) is 0.398. The largest absolute Gasteiger partial charge is 0.393 e. The van der Waals surface area contributed by atoms with Gasteiger partial charge in [-0.05, 0) is 25.7 Å². The Bertz CT molecular complexity index is 465. The van der Waals surface area contributed by atoms with Crippen LogP contribution in [0.2, 0.25) is 10.0 Å². The number of benzene rings is 1. The van der Waals surface area contributed by atoms with E-state index in [2.05, 4.69) is 5.32 Å². The van der Waals surface area contributed by atoms with Crippen molar-refractivity contribution in [1.82, 2.24) is 0 Å². The normalized spacial score (nSPS) is 23.1. The molecule has 7 heteroatoms. The molecule has 0 aromatic heterocycles. The highest BCUT2D eigenvalue weighted by Crippen LogP contribution is 2.36. The molecule has 0 amide bonds. The summed E-state index contributed by atoms with van der Waals surface area (Å²) in [6.07, 6.45) is 2.89. The number of nitro benzene ring substituents is 1. The van der Waals surface area contributed by atoms with Gasteiger partial charge in [-0.15, -0.1) is 0 Å². The number of halogens is 2. The quantitative estimate of drug-likeness (QED) is 0.660. The number of hydrogen-bond donors (Lipinski definition) is 2. The molecule has 0 radical (unpaired) electrons. The van der Waals surface area contributed by atoms with Gasteiger partial charge in [0.2, 0.25) is 0 Å². The maximum atomic E-state index is 10.7. The number of nitrogens with one attached hydrogen (secondary N) is 1. The van der Waals surface area contributed by atoms with Crippen LogP contribution in [0.15, 0.2) is 12.1 Å². The minimum atomic E-state index is -0.529. The first kappa shape index (κ1) is 14.4. The highest BCUT2D eigenvalue weighted by molar-refractivity contribution is 6.39. The van der Waals surface area contributed by atoms with Crippen molar-refractivity contribution < 1.29 is 10.0 Å². The summed E-state index contributed by atoms with van der Waals surface area (Å²) in [6.45, 7) is 0. The van der Waals surface area contributed by atoms with Gasteiger partial charge in [-0.2, -0.15) is 0 Å². The number of non-ortho nitro benzene ring substituents is 1. The average Bonchev–Trinajstić information content (AvgIpc) is 2.35. The highest BCUT2D eigenvalue weighted by atomic mass is 35.5. The Morgan fingerprint density at radius 3 is 2.21 bits per heavy atom. The van der Waals surface area contributed by atoms with Gasteiger partial charge in [-0.3, -0.25) is 10.1 Å². The van der Waals surface area contributed by atoms with E-state index in [1.165, 1.54) is 12.1 Å². The Balaban J connectivity index is 2.14. The number of rotatable bonds is 3. The summed E-state index contributed by atoms with van der Waals surface area (Å²) in [6, 6.07) is 2.75. The third kappa shape index (κ3) is 3.49. The van der Waals surface area contributed by atoms with Gasteiger partial charge in [-0.25, -0.2) is 0 Å². The Kier molecular flexibility index (Phi) is 4.50. The van der Waals surface area contributed by atoms with E-state index in [0.29, 0.717) is 5.69 Å². The van der Waals surface area contributed by atoms with Crippen LogP contribution in [0.3, 0.4) is 0 Å². The first-order chi connectivity index (χ1) is 8.97. The molecule has 0 aliphatic heterocycles. The number of nitrogens with zero attached hydrogens (tertiary/aromatic N) is 1. The van der Waals surface area contributed by atoms with Gasteiger partial charge < -0.3 is 10.4 Å². The average molecular weight is 305 g/mol. The first-order valence-corrected chi connectivity index (χ1v) is 6.81. The van der Waals surface area contributed by atoms with E-state index in [1.54, 1.807) is 0 Å². The number of anilines is 1. The molecular formula is C12H14Cl2N2O3. The number of aliphatic hydroxyl groups excluding tert-OH is 1. The first-order valence-electron chi connectivity index (χ1n) is 6.05. The molecule has 1 aliphatic carbocycles. The fourth-order valence-corrected chi connectivity index (χ4v) is 2.81. The topological polar surface area (TPSA) is 75.4 Å². The van der Waals surface area contributed by atoms with Gasteiger partial charge in [-0.1, -0.05) is 23.2 Å². The molecule has 1 saturated carbocycles. The fraction of sp³-hybridized carbons (Fsp3) is 0.500. The predicted octanol–water partition coefficient (Wildman–Crippen LogP) is 3.62. The summed E-state index contributed by atoms with van der Waals surface area (Å²) >= 11 is 12.1. The number of aliphatic hydroxyl groups is 1. The van der Waals surface area contributed by atoms with Crippen LogP contribution in [0.4, 0.5) is 11.4 Å². The molecule has 19 heavy (non-hydrogen) atoms. The van der Waals surface area contributed by atoms with E-state index in [1.807, 2.05) is 0 Å². The van der Waals surface area contributed by atoms with Crippen LogP contribution in [-0.4, -0.2) is 22.2 Å². The van der Waals surface area contributed by atoms with Crippen molar-refractivity contribution in [2.75, 3.05) is 5.32 Å². The van der Waals surface area contributed by atoms with E-state index in [-0.39, 0.29) is 27.9 Å². The number of nitro groups is 1. The second-order valence-electron chi connectivity index (χ2n) is 4.69. The molecule has 2 rings (SSSR count). The zero-order valence-corrected chi connectivity index (χ0v) is 11.6. The smallest absolute Gasteiger partial charge is 0.272 e. The molecule has 0 heterocycles. The van der Waals surface area contributed by atoms with Crippen LogP contribution in [0.5, 0.6) is 0 Å². The SMILES string of the molecule is O=[N+]([O-])c1cc(Cl)c(NC2CCC(O)CC2)c(Cl)c1. The van der Waals surface area contributed by atoms with E-state index in [9.17, 15) is 15.2 Å². The van der Waals surface area contributed by atoms with E-state index in [4.69, 9.17) is 23.2 Å². The Hall–Kier alpha value is -1.04. The highest BCUT2D eigenvalue weighted by Gasteiger charge is 2.22. The van der Waals surface area contributed by atoms with Gasteiger partial charge in [0.05, 0.1) is 26.8 Å². The molecule has 2 N–H and O–H groups in total. The van der Waals surface area contributed by atoms with Crippen LogP contribution < -0.4 is 5.32 Å². The van der Waals surface area contributed by atoms with E-state index >= 15 is 0 Å². The molecule has 1 fully saturated rings. The molecule has 0 saturated heterocycles. The molecule has 104 valence electrons. The van der Waals surface area contributed by atoms with Crippen LogP contribution in [0.25, 0.3) is 0 Å². The molecule has 1 aromatic rings. The Labute approximate surface area is 120 Å². The van der Waals surface area contributed by atoms with Gasteiger partial charge >= 0.3 is 0 Å². The van der Waals surface area contributed by atoms with E-state index in [0.717, 1.165) is 25.7 Å². The molecule has 5 nitrogen and oxygen atoms in total. The summed E-state index contributed by atoms with van der Waals surface area (Å²) in [5, 5.41) is 23.8. The second-order valence-corrected chi connectivity index (χ2v) is 5.51. The maximum Gasteiger partial charge on any atom is 0.272 e. The maximum absolute atomic E-state index is 10.7. The minimum Gasteiger partial charge on any atom is -0.393 e. The van der Waals surface area contributed by atoms with Crippen LogP contribution in [-0.2, 0) is 0 Å². The summed E-state index contributed by atoms with van der Waals surface area (Å²) in [5.74, 6) is 0. The zero-order chi connectivity index (χ0) is 14.0. The third-order valence-electron chi connectivity index (χ3n) is 3.28. The summed E-state index contributed by atoms with van der Waals surface area (Å²) < 4.78 is 0. The summed E-state index contributed by atoms with van der Waals surface area (Å²) in [4.78, 5) is 10.2. The van der Waals surface area contributed by atoms with Crippen molar-refractivity contribution in [2.45, 2.75) is 37.8 Å². The van der Waals surface area contributed by atoms with Crippen molar-refractivity contribution in [1.29, 1.82) is 0 Å². The van der Waals surface area contributed by atoms with E-state index < -0.39 is 4.92 Å². The molecule has 0 bridgehead atoms. The minimum absolute atomic E-state index is 0.125. The van der Waals surface area contributed by atoms with Gasteiger partial charge in [0.25, 0.3) is 5.69 Å². The standard InChI is InChI=1S/C12H14Cl2N2O3/c13-10-5-8(16(18)19)6-11(14)12(10)15-7-1-3-9(17)4-2-7/h5-7,9,15,17H,1-4H2. The Morgan fingerprint density at radius 2 is 1.74 bits per heavy atom. The lowest BCUT2D eigenvalue weighted by molar-refractivity contribution is -0.384. The van der Waals surface area contributed by atoms with Crippen molar-refractivity contribution in [3.8, 4) is 0 Å². The predicted molar refractivity (Wildman–Crippen MR) is 75.0 cm³/mol. The van der Waals surface area contributed by atoms with Crippen molar-refractivity contribution in [3.05, 3.63) is 32.3 Å². The van der Waals surface area contributed by atoms with Gasteiger partial charge in [0.15, 0.2) is 0 Å². The lowest BCUT2D eigenvalue weighted by atomic mass is 9.93. The molecule has 1 aromatic carbocycles.